The van der Waals surface area contributed by atoms with Gasteiger partial charge in [-0.1, -0.05) is 6.92 Å². The van der Waals surface area contributed by atoms with Crippen molar-refractivity contribution in [2.24, 2.45) is 5.92 Å². The van der Waals surface area contributed by atoms with Gasteiger partial charge in [-0.3, -0.25) is 4.79 Å². The van der Waals surface area contributed by atoms with E-state index < -0.39 is 0 Å². The number of carbonyl (C=O) groups excluding carboxylic acids is 1. The third-order valence-corrected chi connectivity index (χ3v) is 3.12. The minimum absolute atomic E-state index is 0.154. The summed E-state index contributed by atoms with van der Waals surface area (Å²) in [6.07, 6.45) is 1.14. The van der Waals surface area contributed by atoms with Gasteiger partial charge in [-0.05, 0) is 25.9 Å². The fourth-order valence-corrected chi connectivity index (χ4v) is 2.03. The maximum Gasteiger partial charge on any atom is 0.236 e. The Morgan fingerprint density at radius 1 is 1.53 bits per heavy atom. The molecule has 2 unspecified atom stereocenters. The molecule has 1 fully saturated rings. The van der Waals surface area contributed by atoms with Crippen LogP contribution in [-0.2, 0) is 4.79 Å². The summed E-state index contributed by atoms with van der Waals surface area (Å²) in [4.78, 5) is 15.4. The van der Waals surface area contributed by atoms with Gasteiger partial charge in [0.25, 0.3) is 0 Å². The van der Waals surface area contributed by atoms with Crippen LogP contribution in [0.3, 0.4) is 0 Å². The van der Waals surface area contributed by atoms with Crippen molar-refractivity contribution in [2.75, 3.05) is 40.8 Å². The van der Waals surface area contributed by atoms with Crippen molar-refractivity contribution in [1.82, 2.24) is 15.1 Å². The van der Waals surface area contributed by atoms with Gasteiger partial charge in [0.05, 0.1) is 6.54 Å². The summed E-state index contributed by atoms with van der Waals surface area (Å²) >= 11 is 0. The highest BCUT2D eigenvalue weighted by Gasteiger charge is 2.24. The molecule has 0 bridgehead atoms. The molecule has 4 heteroatoms. The van der Waals surface area contributed by atoms with Crippen LogP contribution < -0.4 is 5.32 Å². The van der Waals surface area contributed by atoms with E-state index in [9.17, 15) is 4.79 Å². The van der Waals surface area contributed by atoms with Gasteiger partial charge in [0, 0.05) is 26.7 Å². The first-order valence-electron chi connectivity index (χ1n) is 5.62. The first-order valence-corrected chi connectivity index (χ1v) is 5.62. The van der Waals surface area contributed by atoms with E-state index in [4.69, 9.17) is 0 Å². The lowest BCUT2D eigenvalue weighted by atomic mass is 9.94. The quantitative estimate of drug-likeness (QED) is 0.717. The predicted molar refractivity (Wildman–Crippen MR) is 61.8 cm³/mol. The molecule has 1 heterocycles. The normalized spacial score (nSPS) is 27.7. The molecule has 0 radical (unpaired) electrons. The van der Waals surface area contributed by atoms with E-state index in [1.54, 1.807) is 19.0 Å². The Kier molecular flexibility index (Phi) is 4.54. The standard InChI is InChI=1S/C11H23N3O/c1-9-8-14(4)6-5-10(9)12-7-11(15)13(2)3/h9-10,12H,5-8H2,1-4H3. The zero-order valence-electron chi connectivity index (χ0n) is 10.3. The second-order valence-corrected chi connectivity index (χ2v) is 4.80. The Morgan fingerprint density at radius 2 is 2.20 bits per heavy atom. The maximum atomic E-state index is 11.4. The molecule has 0 aromatic carbocycles. The topological polar surface area (TPSA) is 35.6 Å². The van der Waals surface area contributed by atoms with Crippen molar-refractivity contribution < 1.29 is 4.79 Å². The molecule has 2 atom stereocenters. The van der Waals surface area contributed by atoms with Crippen LogP contribution in [-0.4, -0.2) is 62.5 Å². The predicted octanol–water partition coefficient (Wildman–Crippen LogP) is 0.00440. The lowest BCUT2D eigenvalue weighted by Gasteiger charge is -2.35. The summed E-state index contributed by atoms with van der Waals surface area (Å²) in [5.74, 6) is 0.778. The second-order valence-electron chi connectivity index (χ2n) is 4.80. The third kappa shape index (κ3) is 3.80. The third-order valence-electron chi connectivity index (χ3n) is 3.12. The molecule has 1 amide bonds. The number of hydrogen-bond acceptors (Lipinski definition) is 3. The summed E-state index contributed by atoms with van der Waals surface area (Å²) < 4.78 is 0. The summed E-state index contributed by atoms with van der Waals surface area (Å²) in [7, 11) is 5.74. The molecular formula is C11H23N3O. The van der Waals surface area contributed by atoms with Gasteiger partial charge in [0.15, 0.2) is 0 Å². The van der Waals surface area contributed by atoms with Gasteiger partial charge in [-0.15, -0.1) is 0 Å². The largest absolute Gasteiger partial charge is 0.348 e. The minimum atomic E-state index is 0.154. The number of amides is 1. The average Bonchev–Trinajstić information content (AvgIpc) is 2.15. The van der Waals surface area contributed by atoms with Crippen molar-refractivity contribution in [2.45, 2.75) is 19.4 Å². The molecule has 0 aromatic rings. The van der Waals surface area contributed by atoms with E-state index in [1.165, 1.54) is 0 Å². The molecule has 1 aliphatic heterocycles. The van der Waals surface area contributed by atoms with Gasteiger partial charge >= 0.3 is 0 Å². The number of likely N-dealkylation sites (tertiary alicyclic amines) is 1. The molecule has 0 spiro atoms. The first kappa shape index (κ1) is 12.5. The Morgan fingerprint density at radius 3 is 2.73 bits per heavy atom. The molecule has 0 aliphatic carbocycles. The Hall–Kier alpha value is -0.610. The monoisotopic (exact) mass is 213 g/mol. The van der Waals surface area contributed by atoms with Crippen LogP contribution in [0.2, 0.25) is 0 Å². The molecule has 1 rings (SSSR count). The lowest BCUT2D eigenvalue weighted by molar-refractivity contribution is -0.128. The van der Waals surface area contributed by atoms with Crippen LogP contribution in [0.5, 0.6) is 0 Å². The fourth-order valence-electron chi connectivity index (χ4n) is 2.03. The highest BCUT2D eigenvalue weighted by atomic mass is 16.2. The van der Waals surface area contributed by atoms with Crippen LogP contribution in [0.1, 0.15) is 13.3 Å². The number of likely N-dealkylation sites (N-methyl/N-ethyl adjacent to an activating group) is 1. The Bertz CT molecular complexity index is 218. The molecular weight excluding hydrogens is 190 g/mol. The average molecular weight is 213 g/mol. The fraction of sp³-hybridized carbons (Fsp3) is 0.909. The second kappa shape index (κ2) is 5.47. The molecule has 88 valence electrons. The van der Waals surface area contributed by atoms with Crippen molar-refractivity contribution in [3.05, 3.63) is 0 Å². The zero-order chi connectivity index (χ0) is 11.4. The Labute approximate surface area is 92.6 Å². The van der Waals surface area contributed by atoms with E-state index in [0.29, 0.717) is 18.5 Å². The van der Waals surface area contributed by atoms with Crippen LogP contribution in [0.4, 0.5) is 0 Å². The Balaban J connectivity index is 2.30. The van der Waals surface area contributed by atoms with Gasteiger partial charge in [0.1, 0.15) is 0 Å². The SMILES string of the molecule is CC1CN(C)CCC1NCC(=O)N(C)C. The number of nitrogens with one attached hydrogen (secondary N) is 1. The van der Waals surface area contributed by atoms with Crippen LogP contribution in [0.25, 0.3) is 0 Å². The van der Waals surface area contributed by atoms with Crippen LogP contribution in [0.15, 0.2) is 0 Å². The molecule has 0 saturated carbocycles. The minimum Gasteiger partial charge on any atom is -0.348 e. The van der Waals surface area contributed by atoms with E-state index in [1.807, 2.05) is 0 Å². The zero-order valence-corrected chi connectivity index (χ0v) is 10.3. The summed E-state index contributed by atoms with van der Waals surface area (Å²) in [6, 6.07) is 0.491. The van der Waals surface area contributed by atoms with Crippen molar-refractivity contribution in [3.8, 4) is 0 Å². The number of hydrogen-bond donors (Lipinski definition) is 1. The van der Waals surface area contributed by atoms with Gasteiger partial charge in [0.2, 0.25) is 5.91 Å². The molecule has 15 heavy (non-hydrogen) atoms. The molecule has 0 aromatic heterocycles. The van der Waals surface area contributed by atoms with Gasteiger partial charge in [-0.25, -0.2) is 0 Å². The van der Waals surface area contributed by atoms with Crippen LogP contribution in [0, 0.1) is 5.92 Å². The van der Waals surface area contributed by atoms with E-state index >= 15 is 0 Å². The number of piperidine rings is 1. The smallest absolute Gasteiger partial charge is 0.236 e. The molecule has 1 N–H and O–H groups in total. The maximum absolute atomic E-state index is 11.4. The van der Waals surface area contributed by atoms with E-state index in [2.05, 4.69) is 24.2 Å². The summed E-state index contributed by atoms with van der Waals surface area (Å²) in [5, 5.41) is 3.36. The van der Waals surface area contributed by atoms with Gasteiger partial charge in [-0.2, -0.15) is 0 Å². The number of nitrogens with zero attached hydrogens (tertiary/aromatic N) is 2. The molecule has 4 nitrogen and oxygen atoms in total. The highest BCUT2D eigenvalue weighted by Crippen LogP contribution is 2.14. The van der Waals surface area contributed by atoms with Crippen molar-refractivity contribution in [1.29, 1.82) is 0 Å². The number of rotatable bonds is 3. The summed E-state index contributed by atoms with van der Waals surface area (Å²) in [6.45, 7) is 4.95. The van der Waals surface area contributed by atoms with E-state index in [0.717, 1.165) is 19.5 Å². The van der Waals surface area contributed by atoms with E-state index in [-0.39, 0.29) is 5.91 Å². The lowest BCUT2D eigenvalue weighted by Crippen LogP contribution is -2.49. The number of carbonyl (C=O) groups is 1. The molecule has 1 saturated heterocycles. The van der Waals surface area contributed by atoms with Crippen molar-refractivity contribution >= 4 is 5.91 Å². The van der Waals surface area contributed by atoms with Crippen LogP contribution >= 0.6 is 0 Å². The van der Waals surface area contributed by atoms with Crippen molar-refractivity contribution in [3.63, 3.8) is 0 Å². The highest BCUT2D eigenvalue weighted by molar-refractivity contribution is 5.77. The molecule has 1 aliphatic rings. The summed E-state index contributed by atoms with van der Waals surface area (Å²) in [5.41, 5.74) is 0. The first-order chi connectivity index (χ1) is 7.00. The van der Waals surface area contributed by atoms with Gasteiger partial charge < -0.3 is 15.1 Å².